The Kier molecular flexibility index (Phi) is 4.41. The molecule has 1 aliphatic heterocycles. The lowest BCUT2D eigenvalue weighted by Gasteiger charge is -2.29. The topological polar surface area (TPSA) is 31.1 Å². The van der Waals surface area contributed by atoms with E-state index in [1.165, 1.54) is 78.5 Å². The summed E-state index contributed by atoms with van der Waals surface area (Å²) in [5, 5.41) is 5.24. The van der Waals surface area contributed by atoms with Crippen LogP contribution in [-0.4, -0.2) is 30.0 Å². The molecular formula is C24H29N3. The van der Waals surface area contributed by atoms with E-state index >= 15 is 0 Å². The van der Waals surface area contributed by atoms with Crippen molar-refractivity contribution < 1.29 is 0 Å². The Morgan fingerprint density at radius 2 is 1.85 bits per heavy atom. The first-order valence-corrected chi connectivity index (χ1v) is 10.4. The summed E-state index contributed by atoms with van der Waals surface area (Å²) in [5.41, 5.74) is 7.01. The molecule has 5 rings (SSSR count). The molecule has 1 saturated heterocycles. The molecule has 27 heavy (non-hydrogen) atoms. The number of aryl methyl sites for hydroxylation is 1. The van der Waals surface area contributed by atoms with E-state index < -0.39 is 0 Å². The zero-order valence-electron chi connectivity index (χ0n) is 16.2. The maximum absolute atomic E-state index is 3.83. The van der Waals surface area contributed by atoms with E-state index in [1.807, 2.05) is 0 Å². The van der Waals surface area contributed by atoms with Gasteiger partial charge in [0.1, 0.15) is 0 Å². The van der Waals surface area contributed by atoms with Crippen molar-refractivity contribution in [1.82, 2.24) is 9.88 Å². The Balaban J connectivity index is 1.43. The third-order valence-electron chi connectivity index (χ3n) is 6.58. The van der Waals surface area contributed by atoms with Crippen molar-refractivity contribution in [1.29, 1.82) is 0 Å². The van der Waals surface area contributed by atoms with Gasteiger partial charge < -0.3 is 15.2 Å². The first-order valence-electron chi connectivity index (χ1n) is 10.4. The van der Waals surface area contributed by atoms with Gasteiger partial charge in [-0.2, -0.15) is 0 Å². The van der Waals surface area contributed by atoms with Gasteiger partial charge in [0.15, 0.2) is 0 Å². The van der Waals surface area contributed by atoms with Gasteiger partial charge in [0, 0.05) is 22.8 Å². The Hall–Kier alpha value is -2.26. The van der Waals surface area contributed by atoms with E-state index in [1.54, 1.807) is 0 Å². The van der Waals surface area contributed by atoms with E-state index in [0.29, 0.717) is 12.0 Å². The third-order valence-corrected chi connectivity index (χ3v) is 6.58. The number of nitrogens with zero attached hydrogens (tertiary/aromatic N) is 1. The fourth-order valence-electron chi connectivity index (χ4n) is 4.99. The minimum Gasteiger partial charge on any atom is -0.378 e. The van der Waals surface area contributed by atoms with Crippen LogP contribution in [0.5, 0.6) is 0 Å². The van der Waals surface area contributed by atoms with E-state index in [0.717, 1.165) is 0 Å². The lowest BCUT2D eigenvalue weighted by Crippen LogP contribution is -2.29. The van der Waals surface area contributed by atoms with Crippen LogP contribution in [0.4, 0.5) is 5.69 Å². The second-order valence-corrected chi connectivity index (χ2v) is 8.37. The molecule has 0 bridgehead atoms. The predicted octanol–water partition coefficient (Wildman–Crippen LogP) is 5.47. The van der Waals surface area contributed by atoms with Gasteiger partial charge in [0.05, 0.1) is 6.04 Å². The molecule has 0 spiro atoms. The van der Waals surface area contributed by atoms with Crippen molar-refractivity contribution in [2.24, 2.45) is 0 Å². The molecule has 2 aromatic carbocycles. The van der Waals surface area contributed by atoms with Crippen molar-refractivity contribution in [3.8, 4) is 0 Å². The first kappa shape index (κ1) is 16.9. The Morgan fingerprint density at radius 1 is 1.00 bits per heavy atom. The van der Waals surface area contributed by atoms with Crippen LogP contribution in [0, 0.1) is 0 Å². The van der Waals surface area contributed by atoms with Crippen LogP contribution in [0.3, 0.4) is 0 Å². The van der Waals surface area contributed by atoms with Gasteiger partial charge >= 0.3 is 0 Å². The summed E-state index contributed by atoms with van der Waals surface area (Å²) in [7, 11) is 2.23. The molecule has 3 nitrogen and oxygen atoms in total. The number of anilines is 1. The number of aromatic amines is 1. The molecule has 3 heteroatoms. The molecule has 1 fully saturated rings. The fraction of sp³-hybridized carbons (Fsp3) is 0.417. The molecule has 0 saturated carbocycles. The molecule has 1 aromatic heterocycles. The molecule has 3 aromatic rings. The summed E-state index contributed by atoms with van der Waals surface area (Å²) in [4.78, 5) is 5.95. The van der Waals surface area contributed by atoms with Gasteiger partial charge in [0.25, 0.3) is 0 Å². The molecule has 1 atom stereocenters. The standard InChI is InChI=1S/C24H29N3/c1-27-13-11-18(12-14-27)22-16-25-23-10-9-19(15-21(22)23)26-24-8-4-6-17-5-2-3-7-20(17)24/h2-3,5,7,9-10,15-16,18,24-26H,4,6,8,11-14H2,1H3. The number of likely N-dealkylation sites (tertiary alicyclic amines) is 1. The first-order chi connectivity index (χ1) is 13.3. The monoisotopic (exact) mass is 359 g/mol. The summed E-state index contributed by atoms with van der Waals surface area (Å²) < 4.78 is 0. The average Bonchev–Trinajstić information content (AvgIpc) is 3.12. The van der Waals surface area contributed by atoms with Crippen molar-refractivity contribution in [3.05, 3.63) is 65.4 Å². The minimum absolute atomic E-state index is 0.429. The van der Waals surface area contributed by atoms with Gasteiger partial charge in [-0.25, -0.2) is 0 Å². The van der Waals surface area contributed by atoms with E-state index in [2.05, 4.69) is 70.9 Å². The second kappa shape index (κ2) is 7.05. The van der Waals surface area contributed by atoms with Crippen LogP contribution in [0.15, 0.2) is 48.7 Å². The van der Waals surface area contributed by atoms with E-state index in [9.17, 15) is 0 Å². The number of rotatable bonds is 3. The van der Waals surface area contributed by atoms with Crippen LogP contribution in [-0.2, 0) is 6.42 Å². The van der Waals surface area contributed by atoms with Gasteiger partial charge in [-0.3, -0.25) is 0 Å². The maximum atomic E-state index is 3.83. The molecule has 0 radical (unpaired) electrons. The minimum atomic E-state index is 0.429. The van der Waals surface area contributed by atoms with Crippen LogP contribution >= 0.6 is 0 Å². The van der Waals surface area contributed by atoms with Crippen molar-refractivity contribution in [2.75, 3.05) is 25.5 Å². The number of hydrogen-bond donors (Lipinski definition) is 2. The molecule has 0 amide bonds. The number of benzene rings is 2. The quantitative estimate of drug-likeness (QED) is 0.650. The highest BCUT2D eigenvalue weighted by Gasteiger charge is 2.22. The molecular weight excluding hydrogens is 330 g/mol. The number of hydrogen-bond acceptors (Lipinski definition) is 2. The predicted molar refractivity (Wildman–Crippen MR) is 114 cm³/mol. The van der Waals surface area contributed by atoms with Crippen LogP contribution in [0.25, 0.3) is 10.9 Å². The molecule has 2 heterocycles. The third kappa shape index (κ3) is 3.25. The lowest BCUT2D eigenvalue weighted by atomic mass is 9.87. The average molecular weight is 360 g/mol. The number of fused-ring (bicyclic) bond motifs is 2. The largest absolute Gasteiger partial charge is 0.378 e. The zero-order valence-corrected chi connectivity index (χ0v) is 16.2. The fourth-order valence-corrected chi connectivity index (χ4v) is 4.99. The summed E-state index contributed by atoms with van der Waals surface area (Å²) in [6.45, 7) is 2.41. The highest BCUT2D eigenvalue weighted by molar-refractivity contribution is 5.87. The van der Waals surface area contributed by atoms with Gasteiger partial charge in [-0.15, -0.1) is 0 Å². The number of piperidine rings is 1. The summed E-state index contributed by atoms with van der Waals surface area (Å²) in [5.74, 6) is 0.681. The maximum Gasteiger partial charge on any atom is 0.0516 e. The molecule has 2 aliphatic rings. The van der Waals surface area contributed by atoms with Gasteiger partial charge in [-0.05, 0) is 93.0 Å². The van der Waals surface area contributed by atoms with Gasteiger partial charge in [0.2, 0.25) is 0 Å². The Labute approximate surface area is 161 Å². The smallest absolute Gasteiger partial charge is 0.0516 e. The van der Waals surface area contributed by atoms with Crippen LogP contribution in [0.2, 0.25) is 0 Å². The zero-order chi connectivity index (χ0) is 18.2. The van der Waals surface area contributed by atoms with E-state index in [4.69, 9.17) is 0 Å². The SMILES string of the molecule is CN1CCC(c2c[nH]c3ccc(NC4CCCc5ccccc54)cc23)CC1. The molecule has 1 aliphatic carbocycles. The van der Waals surface area contributed by atoms with Crippen molar-refractivity contribution in [3.63, 3.8) is 0 Å². The van der Waals surface area contributed by atoms with Crippen molar-refractivity contribution in [2.45, 2.75) is 44.1 Å². The Bertz CT molecular complexity index is 934. The second-order valence-electron chi connectivity index (χ2n) is 8.37. The van der Waals surface area contributed by atoms with Crippen LogP contribution in [0.1, 0.15) is 54.3 Å². The Morgan fingerprint density at radius 3 is 2.74 bits per heavy atom. The molecule has 1 unspecified atom stereocenters. The lowest BCUT2D eigenvalue weighted by molar-refractivity contribution is 0.256. The molecule has 140 valence electrons. The normalized spacial score (nSPS) is 21.3. The number of nitrogens with one attached hydrogen (secondary N) is 2. The van der Waals surface area contributed by atoms with Gasteiger partial charge in [-0.1, -0.05) is 24.3 Å². The summed E-state index contributed by atoms with van der Waals surface area (Å²) in [6.07, 6.45) is 8.46. The number of aromatic nitrogens is 1. The van der Waals surface area contributed by atoms with E-state index in [-0.39, 0.29) is 0 Å². The highest BCUT2D eigenvalue weighted by Crippen LogP contribution is 2.36. The summed E-state index contributed by atoms with van der Waals surface area (Å²) >= 11 is 0. The summed E-state index contributed by atoms with van der Waals surface area (Å²) in [6, 6.07) is 16.2. The highest BCUT2D eigenvalue weighted by atomic mass is 15.1. The van der Waals surface area contributed by atoms with Crippen molar-refractivity contribution >= 4 is 16.6 Å². The number of H-pyrrole nitrogens is 1. The molecule has 2 N–H and O–H groups in total. The van der Waals surface area contributed by atoms with Crippen LogP contribution < -0.4 is 5.32 Å².